The molecule has 0 aliphatic rings. The molecule has 2 aromatic carbocycles. The number of fused-ring (bicyclic) bond motifs is 1. The molecule has 0 saturated heterocycles. The highest BCUT2D eigenvalue weighted by molar-refractivity contribution is 7.15. The number of thiophene rings is 1. The molecule has 206 valence electrons. The van der Waals surface area contributed by atoms with Gasteiger partial charge < -0.3 is 24.8 Å². The van der Waals surface area contributed by atoms with Crippen LogP contribution in [0.1, 0.15) is 63.0 Å². The lowest BCUT2D eigenvalue weighted by atomic mass is 10.0. The van der Waals surface area contributed by atoms with Crippen LogP contribution in [-0.4, -0.2) is 35.9 Å². The summed E-state index contributed by atoms with van der Waals surface area (Å²) in [5.74, 6) is 2.64. The normalized spacial score (nSPS) is 13.0. The number of nitrogens with zero attached hydrogens (tertiary/aromatic N) is 2. The number of benzene rings is 2. The van der Waals surface area contributed by atoms with E-state index in [0.29, 0.717) is 17.3 Å². The highest BCUT2D eigenvalue weighted by Gasteiger charge is 2.21. The van der Waals surface area contributed by atoms with Crippen molar-refractivity contribution in [3.63, 3.8) is 0 Å². The Labute approximate surface area is 233 Å². The number of alkyl carbamates (subject to hydrolysis) is 1. The molecule has 1 amide bonds. The van der Waals surface area contributed by atoms with Crippen molar-refractivity contribution in [1.82, 2.24) is 15.3 Å². The molecule has 0 aliphatic carbocycles. The predicted octanol–water partition coefficient (Wildman–Crippen LogP) is 7.44. The number of methoxy groups -OCH3 is 2. The molecule has 0 bridgehead atoms. The molecular formula is C30H36N4O4S. The molecule has 4 rings (SSSR count). The van der Waals surface area contributed by atoms with Crippen LogP contribution in [0.5, 0.6) is 11.5 Å². The second kappa shape index (κ2) is 11.5. The van der Waals surface area contributed by atoms with E-state index in [2.05, 4.69) is 45.7 Å². The van der Waals surface area contributed by atoms with Crippen molar-refractivity contribution >= 4 is 34.2 Å². The Morgan fingerprint density at radius 3 is 2.33 bits per heavy atom. The number of rotatable bonds is 8. The molecule has 0 aliphatic heterocycles. The number of hydrogen-bond donors (Lipinski definition) is 2. The molecule has 0 fully saturated rings. The molecule has 9 heteroatoms. The molecule has 2 unspecified atom stereocenters. The summed E-state index contributed by atoms with van der Waals surface area (Å²) in [6.07, 6.45) is -0.434. The van der Waals surface area contributed by atoms with Crippen LogP contribution >= 0.6 is 11.3 Å². The van der Waals surface area contributed by atoms with E-state index in [1.807, 2.05) is 65.0 Å². The Balaban J connectivity index is 1.59. The van der Waals surface area contributed by atoms with Crippen LogP contribution in [0.4, 0.5) is 10.6 Å². The van der Waals surface area contributed by atoms with E-state index in [1.54, 1.807) is 25.6 Å². The lowest BCUT2D eigenvalue weighted by Crippen LogP contribution is -2.34. The monoisotopic (exact) mass is 548 g/mol. The molecule has 4 aromatic rings. The lowest BCUT2D eigenvalue weighted by Gasteiger charge is -2.23. The van der Waals surface area contributed by atoms with E-state index < -0.39 is 11.7 Å². The SMILES string of the molecule is COc1cc2nc(C)nc(NC(C)c3ccc(-c4ccccc4C(C)NC(=O)OC(C)(C)C)s3)c2cc1OC. The Bertz CT molecular complexity index is 1480. The number of ether oxygens (including phenoxy) is 3. The van der Waals surface area contributed by atoms with Crippen LogP contribution in [-0.2, 0) is 4.74 Å². The van der Waals surface area contributed by atoms with Crippen molar-refractivity contribution in [2.75, 3.05) is 19.5 Å². The van der Waals surface area contributed by atoms with E-state index in [9.17, 15) is 4.79 Å². The first-order chi connectivity index (χ1) is 18.5. The maximum atomic E-state index is 12.4. The molecule has 2 heterocycles. The number of hydrogen-bond acceptors (Lipinski definition) is 8. The van der Waals surface area contributed by atoms with E-state index in [1.165, 1.54) is 0 Å². The first-order valence-electron chi connectivity index (χ1n) is 12.8. The fourth-order valence-electron chi connectivity index (χ4n) is 4.35. The zero-order valence-corrected chi connectivity index (χ0v) is 24.5. The fourth-order valence-corrected chi connectivity index (χ4v) is 5.41. The van der Waals surface area contributed by atoms with Crippen molar-refractivity contribution in [2.45, 2.75) is 59.2 Å². The van der Waals surface area contributed by atoms with Gasteiger partial charge in [-0.05, 0) is 70.9 Å². The average molecular weight is 549 g/mol. The van der Waals surface area contributed by atoms with Crippen molar-refractivity contribution in [1.29, 1.82) is 0 Å². The van der Waals surface area contributed by atoms with Crippen LogP contribution in [0.2, 0.25) is 0 Å². The van der Waals surface area contributed by atoms with Gasteiger partial charge in [0.05, 0.1) is 31.8 Å². The minimum Gasteiger partial charge on any atom is -0.493 e. The summed E-state index contributed by atoms with van der Waals surface area (Å²) in [5, 5.41) is 7.39. The topological polar surface area (TPSA) is 94.6 Å². The minimum atomic E-state index is -0.556. The van der Waals surface area contributed by atoms with Crippen molar-refractivity contribution in [3.05, 3.63) is 64.8 Å². The second-order valence-corrected chi connectivity index (χ2v) is 11.5. The summed E-state index contributed by atoms with van der Waals surface area (Å²) in [6.45, 7) is 11.5. The fraction of sp³-hybridized carbons (Fsp3) is 0.367. The van der Waals surface area contributed by atoms with Crippen LogP contribution in [0.15, 0.2) is 48.5 Å². The third-order valence-corrected chi connectivity index (χ3v) is 7.45. The zero-order chi connectivity index (χ0) is 28.3. The highest BCUT2D eigenvalue weighted by atomic mass is 32.1. The third kappa shape index (κ3) is 6.60. The first kappa shape index (κ1) is 28.2. The number of nitrogens with one attached hydrogen (secondary N) is 2. The van der Waals surface area contributed by atoms with Crippen LogP contribution in [0.3, 0.4) is 0 Å². The van der Waals surface area contributed by atoms with E-state index >= 15 is 0 Å². The average Bonchev–Trinajstić information content (AvgIpc) is 3.37. The van der Waals surface area contributed by atoms with E-state index in [0.717, 1.165) is 37.6 Å². The van der Waals surface area contributed by atoms with Crippen molar-refractivity contribution in [2.24, 2.45) is 0 Å². The summed E-state index contributed by atoms with van der Waals surface area (Å²) in [5.41, 5.74) is 2.32. The molecule has 0 radical (unpaired) electrons. The van der Waals surface area contributed by atoms with Crippen molar-refractivity contribution in [3.8, 4) is 21.9 Å². The third-order valence-electron chi connectivity index (χ3n) is 6.15. The van der Waals surface area contributed by atoms with Crippen LogP contribution in [0, 0.1) is 6.92 Å². The van der Waals surface area contributed by atoms with Gasteiger partial charge in [0.15, 0.2) is 11.5 Å². The zero-order valence-electron chi connectivity index (χ0n) is 23.7. The van der Waals surface area contributed by atoms with Gasteiger partial charge in [-0.15, -0.1) is 11.3 Å². The molecule has 8 nitrogen and oxygen atoms in total. The summed E-state index contributed by atoms with van der Waals surface area (Å²) in [4.78, 5) is 23.9. The summed E-state index contributed by atoms with van der Waals surface area (Å²) in [7, 11) is 3.23. The molecule has 2 N–H and O–H groups in total. The Hall–Kier alpha value is -3.85. The maximum absolute atomic E-state index is 12.4. The Morgan fingerprint density at radius 2 is 1.64 bits per heavy atom. The lowest BCUT2D eigenvalue weighted by molar-refractivity contribution is 0.0508. The molecule has 2 aromatic heterocycles. The van der Waals surface area contributed by atoms with Gasteiger partial charge in [-0.1, -0.05) is 24.3 Å². The van der Waals surface area contributed by atoms with Crippen molar-refractivity contribution < 1.29 is 19.0 Å². The van der Waals surface area contributed by atoms with E-state index in [-0.39, 0.29) is 12.1 Å². The number of anilines is 1. The number of carbonyl (C=O) groups excluding carboxylic acids is 1. The summed E-state index contributed by atoms with van der Waals surface area (Å²) < 4.78 is 16.4. The maximum Gasteiger partial charge on any atom is 0.408 e. The summed E-state index contributed by atoms with van der Waals surface area (Å²) in [6, 6.07) is 15.9. The van der Waals surface area contributed by atoms with Gasteiger partial charge >= 0.3 is 6.09 Å². The quantitative estimate of drug-likeness (QED) is 0.236. The van der Waals surface area contributed by atoms with Crippen LogP contribution < -0.4 is 20.1 Å². The molecular weight excluding hydrogens is 512 g/mol. The predicted molar refractivity (Wildman–Crippen MR) is 157 cm³/mol. The standard InChI is InChI=1S/C30H36N4O4S/c1-17(32-29(35)38-30(4,5)6)20-11-9-10-12-21(20)27-14-13-26(39-27)18(2)31-28-22-15-24(36-7)25(37-8)16-23(22)33-19(3)34-28/h9-18H,1-8H3,(H,32,35)(H,31,33,34). The molecule has 39 heavy (non-hydrogen) atoms. The molecule has 2 atom stereocenters. The first-order valence-corrected chi connectivity index (χ1v) is 13.7. The van der Waals surface area contributed by atoms with Gasteiger partial charge in [-0.2, -0.15) is 0 Å². The smallest absolute Gasteiger partial charge is 0.408 e. The van der Waals surface area contributed by atoms with Gasteiger partial charge in [-0.3, -0.25) is 0 Å². The largest absolute Gasteiger partial charge is 0.493 e. The summed E-state index contributed by atoms with van der Waals surface area (Å²) >= 11 is 1.70. The minimum absolute atomic E-state index is 0.0150. The number of carbonyl (C=O) groups is 1. The van der Waals surface area contributed by atoms with Gasteiger partial charge in [0.1, 0.15) is 17.2 Å². The van der Waals surface area contributed by atoms with Gasteiger partial charge in [0.25, 0.3) is 0 Å². The number of aryl methyl sites for hydroxylation is 1. The number of aromatic nitrogens is 2. The molecule has 0 saturated carbocycles. The van der Waals surface area contributed by atoms with Gasteiger partial charge in [0, 0.05) is 21.2 Å². The highest BCUT2D eigenvalue weighted by Crippen LogP contribution is 2.38. The Morgan fingerprint density at radius 1 is 0.949 bits per heavy atom. The van der Waals surface area contributed by atoms with E-state index in [4.69, 9.17) is 14.2 Å². The van der Waals surface area contributed by atoms with Crippen LogP contribution in [0.25, 0.3) is 21.3 Å². The number of amides is 1. The Kier molecular flexibility index (Phi) is 8.30. The van der Waals surface area contributed by atoms with Gasteiger partial charge in [-0.25, -0.2) is 14.8 Å². The second-order valence-electron chi connectivity index (χ2n) is 10.4. The molecule has 0 spiro atoms. The van der Waals surface area contributed by atoms with Gasteiger partial charge in [0.2, 0.25) is 0 Å².